The highest BCUT2D eigenvalue weighted by atomic mass is 32.1. The molecule has 0 radical (unpaired) electrons. The normalized spacial score (nSPS) is 15.7. The first kappa shape index (κ1) is 19.8. The molecule has 1 saturated heterocycles. The Labute approximate surface area is 185 Å². The molecule has 1 aliphatic heterocycles. The van der Waals surface area contributed by atoms with Gasteiger partial charge in [-0.05, 0) is 43.5 Å². The summed E-state index contributed by atoms with van der Waals surface area (Å²) in [7, 11) is 2.18. The van der Waals surface area contributed by atoms with Crippen molar-refractivity contribution in [2.24, 2.45) is 0 Å². The maximum Gasteiger partial charge on any atom is 0.125 e. The van der Waals surface area contributed by atoms with Gasteiger partial charge in [-0.2, -0.15) is 5.26 Å². The number of fused-ring (bicyclic) bond motifs is 2. The molecule has 7 heteroatoms. The van der Waals surface area contributed by atoms with Crippen LogP contribution in [0.2, 0.25) is 0 Å². The molecule has 3 aromatic heterocycles. The molecular formula is C24H24N6S. The molecule has 4 heterocycles. The molecule has 1 aliphatic rings. The zero-order valence-electron chi connectivity index (χ0n) is 17.4. The molecule has 156 valence electrons. The predicted molar refractivity (Wildman–Crippen MR) is 129 cm³/mol. The zero-order chi connectivity index (χ0) is 21.2. The van der Waals surface area contributed by atoms with Crippen molar-refractivity contribution < 1.29 is 0 Å². The molecule has 0 aliphatic carbocycles. The Morgan fingerprint density at radius 3 is 2.94 bits per heavy atom. The molecule has 4 aromatic rings. The van der Waals surface area contributed by atoms with Gasteiger partial charge in [0.05, 0.1) is 11.3 Å². The van der Waals surface area contributed by atoms with Crippen molar-refractivity contribution >= 4 is 49.9 Å². The van der Waals surface area contributed by atoms with Crippen molar-refractivity contribution in [1.82, 2.24) is 19.8 Å². The number of piperazine rings is 1. The lowest BCUT2D eigenvalue weighted by Crippen LogP contribution is -2.44. The summed E-state index contributed by atoms with van der Waals surface area (Å²) in [6.45, 7) is 5.43. The molecule has 5 rings (SSSR count). The number of thiophene rings is 1. The van der Waals surface area contributed by atoms with Crippen molar-refractivity contribution in [1.29, 1.82) is 5.26 Å². The number of aromatic nitrogens is 2. The van der Waals surface area contributed by atoms with E-state index in [0.29, 0.717) is 5.56 Å². The van der Waals surface area contributed by atoms with E-state index in [1.54, 1.807) is 17.5 Å². The van der Waals surface area contributed by atoms with Crippen LogP contribution in [0.5, 0.6) is 0 Å². The minimum absolute atomic E-state index is 0.549. The second kappa shape index (κ2) is 8.52. The SMILES string of the molecule is CN1CCN(C/C=C/c2cc3c(Nc4ccc5[nH]ccc5c4)c(C#N)cnc3s2)CC1. The number of benzene rings is 1. The molecular weight excluding hydrogens is 404 g/mol. The number of rotatable bonds is 5. The van der Waals surface area contributed by atoms with Crippen LogP contribution >= 0.6 is 11.3 Å². The van der Waals surface area contributed by atoms with E-state index in [1.165, 1.54) is 0 Å². The van der Waals surface area contributed by atoms with Crippen LogP contribution in [0.15, 0.2) is 48.8 Å². The van der Waals surface area contributed by atoms with Crippen LogP contribution in [0.25, 0.3) is 27.2 Å². The van der Waals surface area contributed by atoms with E-state index < -0.39 is 0 Å². The average Bonchev–Trinajstić information content (AvgIpc) is 3.42. The summed E-state index contributed by atoms with van der Waals surface area (Å²) in [5.41, 5.74) is 3.41. The van der Waals surface area contributed by atoms with Crippen LogP contribution in [0.4, 0.5) is 11.4 Å². The number of likely N-dealkylation sites (N-methyl/N-ethyl adjacent to an activating group) is 1. The number of nitrogens with zero attached hydrogens (tertiary/aromatic N) is 4. The summed E-state index contributed by atoms with van der Waals surface area (Å²) in [5, 5.41) is 15.2. The van der Waals surface area contributed by atoms with Gasteiger partial charge in [0.15, 0.2) is 0 Å². The monoisotopic (exact) mass is 428 g/mol. The van der Waals surface area contributed by atoms with E-state index in [1.807, 2.05) is 24.4 Å². The van der Waals surface area contributed by atoms with Gasteiger partial charge in [0, 0.05) is 72.0 Å². The highest BCUT2D eigenvalue weighted by molar-refractivity contribution is 7.19. The Morgan fingerprint density at radius 2 is 2.10 bits per heavy atom. The molecule has 0 atom stereocenters. The van der Waals surface area contributed by atoms with Crippen LogP contribution < -0.4 is 5.32 Å². The van der Waals surface area contributed by atoms with Crippen LogP contribution in [0, 0.1) is 11.3 Å². The number of hydrogen-bond donors (Lipinski definition) is 2. The fourth-order valence-corrected chi connectivity index (χ4v) is 4.87. The molecule has 0 amide bonds. The van der Waals surface area contributed by atoms with Gasteiger partial charge in [-0.25, -0.2) is 4.98 Å². The molecule has 0 spiro atoms. The van der Waals surface area contributed by atoms with E-state index >= 15 is 0 Å². The summed E-state index contributed by atoms with van der Waals surface area (Å²) < 4.78 is 0. The number of anilines is 2. The highest BCUT2D eigenvalue weighted by Gasteiger charge is 2.14. The largest absolute Gasteiger partial charge is 0.361 e. The smallest absolute Gasteiger partial charge is 0.125 e. The van der Waals surface area contributed by atoms with Crippen molar-refractivity contribution in [3.05, 3.63) is 59.2 Å². The first-order chi connectivity index (χ1) is 15.2. The van der Waals surface area contributed by atoms with Crippen molar-refractivity contribution in [2.75, 3.05) is 45.1 Å². The Bertz CT molecular complexity index is 1290. The lowest BCUT2D eigenvalue weighted by Gasteiger charge is -2.31. The van der Waals surface area contributed by atoms with Crippen LogP contribution in [-0.4, -0.2) is 59.5 Å². The fraction of sp³-hybridized carbons (Fsp3) is 0.250. The number of H-pyrrole nitrogens is 1. The topological polar surface area (TPSA) is 71.0 Å². The molecule has 31 heavy (non-hydrogen) atoms. The van der Waals surface area contributed by atoms with E-state index in [-0.39, 0.29) is 0 Å². The minimum atomic E-state index is 0.549. The van der Waals surface area contributed by atoms with E-state index in [0.717, 1.165) is 70.1 Å². The second-order valence-corrected chi connectivity index (χ2v) is 9.00. The molecule has 1 aromatic carbocycles. The zero-order valence-corrected chi connectivity index (χ0v) is 18.2. The summed E-state index contributed by atoms with van der Waals surface area (Å²) in [5.74, 6) is 0. The Morgan fingerprint density at radius 1 is 1.23 bits per heavy atom. The van der Waals surface area contributed by atoms with Gasteiger partial charge in [0.25, 0.3) is 0 Å². The quantitative estimate of drug-likeness (QED) is 0.484. The third-order valence-electron chi connectivity index (χ3n) is 5.77. The first-order valence-electron chi connectivity index (χ1n) is 10.4. The standard InChI is InChI=1S/C24H24N6S/c1-29-9-11-30(12-10-29)8-2-3-20-14-21-23(18(15-25)16-27-24(21)31-20)28-19-4-5-22-17(13-19)6-7-26-22/h2-7,13-14,16,26H,8-12H2,1H3,(H,27,28)/b3-2+. The second-order valence-electron chi connectivity index (χ2n) is 7.94. The van der Waals surface area contributed by atoms with Gasteiger partial charge >= 0.3 is 0 Å². The van der Waals surface area contributed by atoms with Gasteiger partial charge in [-0.15, -0.1) is 11.3 Å². The molecule has 1 fully saturated rings. The summed E-state index contributed by atoms with van der Waals surface area (Å²) in [4.78, 5) is 14.7. The number of hydrogen-bond acceptors (Lipinski definition) is 6. The number of pyridine rings is 1. The maximum atomic E-state index is 9.65. The Kier molecular flexibility index (Phi) is 5.43. The van der Waals surface area contributed by atoms with Crippen molar-refractivity contribution in [3.63, 3.8) is 0 Å². The van der Waals surface area contributed by atoms with Crippen molar-refractivity contribution in [2.45, 2.75) is 0 Å². The van der Waals surface area contributed by atoms with Gasteiger partial charge < -0.3 is 15.2 Å². The van der Waals surface area contributed by atoms with Crippen LogP contribution in [0.1, 0.15) is 10.4 Å². The molecule has 0 saturated carbocycles. The van der Waals surface area contributed by atoms with Crippen LogP contribution in [-0.2, 0) is 0 Å². The third kappa shape index (κ3) is 4.19. The van der Waals surface area contributed by atoms with Gasteiger partial charge in [-0.1, -0.05) is 6.08 Å². The first-order valence-corrected chi connectivity index (χ1v) is 11.3. The fourth-order valence-electron chi connectivity index (χ4n) is 3.93. The Hall–Kier alpha value is -3.18. The maximum absolute atomic E-state index is 9.65. The Balaban J connectivity index is 1.40. The number of aromatic amines is 1. The minimum Gasteiger partial charge on any atom is -0.361 e. The van der Waals surface area contributed by atoms with E-state index in [4.69, 9.17) is 0 Å². The lowest BCUT2D eigenvalue weighted by molar-refractivity contribution is 0.167. The number of nitriles is 1. The molecule has 0 unspecified atom stereocenters. The van der Waals surface area contributed by atoms with Gasteiger partial charge in [-0.3, -0.25) is 4.90 Å². The third-order valence-corrected chi connectivity index (χ3v) is 6.77. The number of nitrogens with one attached hydrogen (secondary N) is 2. The molecule has 6 nitrogen and oxygen atoms in total. The van der Waals surface area contributed by atoms with E-state index in [2.05, 4.69) is 62.5 Å². The average molecular weight is 429 g/mol. The predicted octanol–water partition coefficient (Wildman–Crippen LogP) is 4.65. The summed E-state index contributed by atoms with van der Waals surface area (Å²) in [6, 6.07) is 12.6. The van der Waals surface area contributed by atoms with E-state index in [9.17, 15) is 5.26 Å². The van der Waals surface area contributed by atoms with Gasteiger partial charge in [0.1, 0.15) is 10.9 Å². The summed E-state index contributed by atoms with van der Waals surface area (Å²) in [6.07, 6.45) is 7.99. The molecule has 0 bridgehead atoms. The highest BCUT2D eigenvalue weighted by Crippen LogP contribution is 2.35. The lowest BCUT2D eigenvalue weighted by atomic mass is 10.1. The van der Waals surface area contributed by atoms with Crippen molar-refractivity contribution in [3.8, 4) is 6.07 Å². The molecule has 2 N–H and O–H groups in total. The summed E-state index contributed by atoms with van der Waals surface area (Å²) >= 11 is 1.65. The van der Waals surface area contributed by atoms with Crippen LogP contribution in [0.3, 0.4) is 0 Å². The van der Waals surface area contributed by atoms with Gasteiger partial charge in [0.2, 0.25) is 0 Å².